The van der Waals surface area contributed by atoms with Gasteiger partial charge in [0.2, 0.25) is 0 Å². The minimum Gasteiger partial charge on any atom is -0.376 e. The second-order valence-electron chi connectivity index (χ2n) is 5.14. The molecule has 1 fully saturated rings. The molecule has 2 aromatic rings. The molecule has 0 amide bonds. The minimum atomic E-state index is 0.405. The van der Waals surface area contributed by atoms with Gasteiger partial charge in [-0.15, -0.1) is 0 Å². The van der Waals surface area contributed by atoms with Crippen LogP contribution >= 0.6 is 15.9 Å². The van der Waals surface area contributed by atoms with Gasteiger partial charge in [-0.05, 0) is 59.3 Å². The van der Waals surface area contributed by atoms with Crippen LogP contribution in [0.2, 0.25) is 0 Å². The van der Waals surface area contributed by atoms with E-state index in [0.29, 0.717) is 6.04 Å². The van der Waals surface area contributed by atoms with Crippen LogP contribution in [0.3, 0.4) is 0 Å². The van der Waals surface area contributed by atoms with E-state index in [4.69, 9.17) is 0 Å². The smallest absolute Gasteiger partial charge is 0.106 e. The number of pyridine rings is 1. The number of nitrogens with one attached hydrogen (secondary N) is 1. The summed E-state index contributed by atoms with van der Waals surface area (Å²) in [6.07, 6.45) is 2.63. The molecule has 1 aliphatic rings. The van der Waals surface area contributed by atoms with E-state index in [0.717, 1.165) is 21.9 Å². The molecule has 0 radical (unpaired) electrons. The lowest BCUT2D eigenvalue weighted by atomic mass is 10.0. The van der Waals surface area contributed by atoms with Crippen LogP contribution in [0.4, 0.5) is 5.69 Å². The quantitative estimate of drug-likeness (QED) is 0.826. The van der Waals surface area contributed by atoms with Gasteiger partial charge in [-0.2, -0.15) is 0 Å². The monoisotopic (exact) mass is 316 g/mol. The fourth-order valence-corrected chi connectivity index (χ4v) is 2.81. The molecule has 1 unspecified atom stereocenters. The largest absolute Gasteiger partial charge is 0.376 e. The molecule has 1 saturated carbocycles. The summed E-state index contributed by atoms with van der Waals surface area (Å²) in [6.45, 7) is 2.04. The van der Waals surface area contributed by atoms with Crippen molar-refractivity contribution in [3.8, 4) is 0 Å². The number of anilines is 1. The molecular formula is C16H17BrN2. The van der Waals surface area contributed by atoms with Crippen LogP contribution in [0.1, 0.15) is 30.1 Å². The molecule has 0 bridgehead atoms. The highest BCUT2D eigenvalue weighted by atomic mass is 79.9. The molecule has 0 saturated heterocycles. The van der Waals surface area contributed by atoms with Gasteiger partial charge in [0.1, 0.15) is 4.60 Å². The van der Waals surface area contributed by atoms with Gasteiger partial charge in [0, 0.05) is 0 Å². The Balaban J connectivity index is 1.86. The van der Waals surface area contributed by atoms with Gasteiger partial charge in [-0.25, -0.2) is 4.98 Å². The first-order valence-corrected chi connectivity index (χ1v) is 7.48. The molecule has 3 rings (SSSR count). The Morgan fingerprint density at radius 3 is 2.53 bits per heavy atom. The number of rotatable bonds is 4. The topological polar surface area (TPSA) is 24.9 Å². The lowest BCUT2D eigenvalue weighted by molar-refractivity contribution is 0.677. The van der Waals surface area contributed by atoms with Crippen molar-refractivity contribution in [1.29, 1.82) is 0 Å². The van der Waals surface area contributed by atoms with E-state index >= 15 is 0 Å². The van der Waals surface area contributed by atoms with Crippen molar-refractivity contribution in [2.45, 2.75) is 25.8 Å². The number of nitrogens with zero attached hydrogens (tertiary/aromatic N) is 1. The number of benzene rings is 1. The Morgan fingerprint density at radius 2 is 1.89 bits per heavy atom. The fraction of sp³-hybridized carbons (Fsp3) is 0.312. The molecule has 1 aromatic heterocycles. The summed E-state index contributed by atoms with van der Waals surface area (Å²) >= 11 is 3.41. The molecule has 1 heterocycles. The van der Waals surface area contributed by atoms with E-state index in [2.05, 4.69) is 62.6 Å². The second-order valence-corrected chi connectivity index (χ2v) is 5.95. The molecule has 3 heteroatoms. The maximum Gasteiger partial charge on any atom is 0.106 e. The molecule has 1 atom stereocenters. The van der Waals surface area contributed by atoms with Crippen LogP contribution in [0, 0.1) is 12.8 Å². The SMILES string of the molecule is Cc1nc(Br)ccc1NC(c1ccccc1)C1CC1. The summed E-state index contributed by atoms with van der Waals surface area (Å²) in [4.78, 5) is 4.45. The summed E-state index contributed by atoms with van der Waals surface area (Å²) < 4.78 is 0.887. The van der Waals surface area contributed by atoms with E-state index in [9.17, 15) is 0 Å². The van der Waals surface area contributed by atoms with Crippen molar-refractivity contribution < 1.29 is 0 Å². The zero-order valence-corrected chi connectivity index (χ0v) is 12.5. The molecule has 98 valence electrons. The average Bonchev–Trinajstić information content (AvgIpc) is 3.23. The Hall–Kier alpha value is -1.35. The molecule has 1 aliphatic carbocycles. The summed E-state index contributed by atoms with van der Waals surface area (Å²) in [7, 11) is 0. The van der Waals surface area contributed by atoms with Crippen molar-refractivity contribution in [3.05, 3.63) is 58.3 Å². The van der Waals surface area contributed by atoms with Crippen LogP contribution in [0.15, 0.2) is 47.1 Å². The van der Waals surface area contributed by atoms with Gasteiger partial charge in [0.05, 0.1) is 17.4 Å². The highest BCUT2D eigenvalue weighted by molar-refractivity contribution is 9.10. The van der Waals surface area contributed by atoms with Crippen molar-refractivity contribution in [3.63, 3.8) is 0 Å². The van der Waals surface area contributed by atoms with Crippen molar-refractivity contribution >= 4 is 21.6 Å². The van der Waals surface area contributed by atoms with Crippen molar-refractivity contribution in [2.75, 3.05) is 5.32 Å². The second kappa shape index (κ2) is 5.33. The van der Waals surface area contributed by atoms with Gasteiger partial charge < -0.3 is 5.32 Å². The van der Waals surface area contributed by atoms with Gasteiger partial charge >= 0.3 is 0 Å². The minimum absolute atomic E-state index is 0.405. The molecule has 1 aromatic carbocycles. The Morgan fingerprint density at radius 1 is 1.16 bits per heavy atom. The van der Waals surface area contributed by atoms with Crippen molar-refractivity contribution in [1.82, 2.24) is 4.98 Å². The Labute approximate surface area is 122 Å². The van der Waals surface area contributed by atoms with E-state index in [1.807, 2.05) is 13.0 Å². The molecule has 0 spiro atoms. The maximum absolute atomic E-state index is 4.45. The van der Waals surface area contributed by atoms with Crippen molar-refractivity contribution in [2.24, 2.45) is 5.92 Å². The third-order valence-electron chi connectivity index (χ3n) is 3.61. The normalized spacial score (nSPS) is 16.1. The van der Waals surface area contributed by atoms with Gasteiger partial charge in [0.15, 0.2) is 0 Å². The first-order chi connectivity index (χ1) is 9.24. The van der Waals surface area contributed by atoms with Crippen LogP contribution in [-0.2, 0) is 0 Å². The van der Waals surface area contributed by atoms with E-state index in [1.54, 1.807) is 0 Å². The van der Waals surface area contributed by atoms with Crippen LogP contribution in [0.5, 0.6) is 0 Å². The summed E-state index contributed by atoms with van der Waals surface area (Å²) in [6, 6.07) is 15.2. The summed E-state index contributed by atoms with van der Waals surface area (Å²) in [5, 5.41) is 3.67. The first kappa shape index (κ1) is 12.7. The standard InChI is InChI=1S/C16H17BrN2/c1-11-14(9-10-15(17)18-11)19-16(13-7-8-13)12-5-3-2-4-6-12/h2-6,9-10,13,16,19H,7-8H2,1H3. The number of aryl methyl sites for hydroxylation is 1. The Kier molecular flexibility index (Phi) is 3.56. The number of hydrogen-bond acceptors (Lipinski definition) is 2. The molecule has 1 N–H and O–H groups in total. The van der Waals surface area contributed by atoms with E-state index in [-0.39, 0.29) is 0 Å². The predicted octanol–water partition coefficient (Wildman–Crippen LogP) is 4.72. The third-order valence-corrected chi connectivity index (χ3v) is 4.06. The zero-order valence-electron chi connectivity index (χ0n) is 10.9. The van der Waals surface area contributed by atoms with E-state index < -0.39 is 0 Å². The number of hydrogen-bond donors (Lipinski definition) is 1. The maximum atomic E-state index is 4.45. The van der Waals surface area contributed by atoms with Gasteiger partial charge in [-0.3, -0.25) is 0 Å². The molecule has 0 aliphatic heterocycles. The Bertz CT molecular complexity index is 564. The number of aromatic nitrogens is 1. The third kappa shape index (κ3) is 2.98. The fourth-order valence-electron chi connectivity index (χ4n) is 2.41. The van der Waals surface area contributed by atoms with Crippen LogP contribution in [-0.4, -0.2) is 4.98 Å². The zero-order chi connectivity index (χ0) is 13.2. The highest BCUT2D eigenvalue weighted by Gasteiger charge is 2.32. The lowest BCUT2D eigenvalue weighted by Crippen LogP contribution is -2.14. The molecule has 2 nitrogen and oxygen atoms in total. The molecule has 19 heavy (non-hydrogen) atoms. The molecular weight excluding hydrogens is 300 g/mol. The summed E-state index contributed by atoms with van der Waals surface area (Å²) in [5.41, 5.74) is 3.53. The van der Waals surface area contributed by atoms with Crippen LogP contribution in [0.25, 0.3) is 0 Å². The number of halogens is 1. The first-order valence-electron chi connectivity index (χ1n) is 6.68. The van der Waals surface area contributed by atoms with E-state index in [1.165, 1.54) is 18.4 Å². The van der Waals surface area contributed by atoms with Gasteiger partial charge in [-0.1, -0.05) is 30.3 Å². The average molecular weight is 317 g/mol. The summed E-state index contributed by atoms with van der Waals surface area (Å²) in [5.74, 6) is 0.755. The lowest BCUT2D eigenvalue weighted by Gasteiger charge is -2.21. The van der Waals surface area contributed by atoms with Crippen LogP contribution < -0.4 is 5.32 Å². The highest BCUT2D eigenvalue weighted by Crippen LogP contribution is 2.43. The predicted molar refractivity (Wildman–Crippen MR) is 82.2 cm³/mol. The van der Waals surface area contributed by atoms with Gasteiger partial charge in [0.25, 0.3) is 0 Å².